The van der Waals surface area contributed by atoms with E-state index in [-0.39, 0.29) is 23.5 Å². The van der Waals surface area contributed by atoms with Crippen molar-refractivity contribution in [3.63, 3.8) is 0 Å². The second-order valence-electron chi connectivity index (χ2n) is 7.46. The summed E-state index contributed by atoms with van der Waals surface area (Å²) in [4.78, 5) is 39.5. The number of carbonyl (C=O) groups is 2. The van der Waals surface area contributed by atoms with E-state index in [1.807, 2.05) is 0 Å². The lowest BCUT2D eigenvalue weighted by atomic mass is 10.1. The summed E-state index contributed by atoms with van der Waals surface area (Å²) in [5.41, 5.74) is -2.42. The fourth-order valence-corrected chi connectivity index (χ4v) is 3.95. The van der Waals surface area contributed by atoms with Gasteiger partial charge in [0.25, 0.3) is 11.8 Å². The molecule has 5 rings (SSSR count). The first-order valence-electron chi connectivity index (χ1n) is 8.99. The first kappa shape index (κ1) is 17.8. The standard InChI is InChI=1S/C19H15F2N3O5/c20-9-1-2-12(11(21)5-9)22-17(27)10-6-23-7-13-24(19(3-4-19)8-29-13)18(28)14(23)16(26)15(10)25/h1-2,5-6,13,26H,3-4,7-8H2,(H,22,27)/t13-/m1/s1. The summed E-state index contributed by atoms with van der Waals surface area (Å²) in [5.74, 6) is -4.20. The van der Waals surface area contributed by atoms with Crippen LogP contribution in [0.3, 0.4) is 0 Å². The summed E-state index contributed by atoms with van der Waals surface area (Å²) >= 11 is 0. The number of halogens is 2. The van der Waals surface area contributed by atoms with Crippen molar-refractivity contribution in [1.82, 2.24) is 9.47 Å². The van der Waals surface area contributed by atoms with Gasteiger partial charge in [0.05, 0.1) is 24.4 Å². The summed E-state index contributed by atoms with van der Waals surface area (Å²) in [6.45, 7) is 0.530. The van der Waals surface area contributed by atoms with Gasteiger partial charge in [0.15, 0.2) is 17.7 Å². The van der Waals surface area contributed by atoms with Crippen molar-refractivity contribution in [2.75, 3.05) is 11.9 Å². The number of carbonyl (C=O) groups excluding carboxylic acids is 2. The molecule has 0 radical (unpaired) electrons. The van der Waals surface area contributed by atoms with Crippen LogP contribution in [0.15, 0.2) is 29.2 Å². The topological polar surface area (TPSA) is 101 Å². The summed E-state index contributed by atoms with van der Waals surface area (Å²) in [6.07, 6.45) is 2.18. The van der Waals surface area contributed by atoms with Gasteiger partial charge in [0.2, 0.25) is 5.43 Å². The lowest BCUT2D eigenvalue weighted by molar-refractivity contribution is 0.00482. The van der Waals surface area contributed by atoms with Crippen molar-refractivity contribution < 1.29 is 28.2 Å². The van der Waals surface area contributed by atoms with E-state index >= 15 is 0 Å². The molecule has 2 N–H and O–H groups in total. The fourth-order valence-electron chi connectivity index (χ4n) is 3.95. The van der Waals surface area contributed by atoms with Gasteiger partial charge in [-0.3, -0.25) is 14.4 Å². The normalized spacial score (nSPS) is 21.1. The van der Waals surface area contributed by atoms with E-state index in [1.54, 1.807) is 4.90 Å². The average Bonchev–Trinajstić information content (AvgIpc) is 3.35. The third-order valence-electron chi connectivity index (χ3n) is 5.62. The summed E-state index contributed by atoms with van der Waals surface area (Å²) < 4.78 is 33.8. The second kappa shape index (κ2) is 5.86. The molecule has 3 aliphatic rings. The highest BCUT2D eigenvalue weighted by molar-refractivity contribution is 6.05. The second-order valence-corrected chi connectivity index (χ2v) is 7.46. The first-order valence-corrected chi connectivity index (χ1v) is 8.99. The maximum absolute atomic E-state index is 13.8. The molecule has 1 aromatic heterocycles. The summed E-state index contributed by atoms with van der Waals surface area (Å²) in [6, 6.07) is 2.56. The number of nitrogens with one attached hydrogen (secondary N) is 1. The highest BCUT2D eigenvalue weighted by atomic mass is 19.1. The van der Waals surface area contributed by atoms with Gasteiger partial charge in [0, 0.05) is 12.3 Å². The Morgan fingerprint density at radius 3 is 2.72 bits per heavy atom. The Labute approximate surface area is 162 Å². The van der Waals surface area contributed by atoms with Crippen molar-refractivity contribution in [2.45, 2.75) is 31.2 Å². The van der Waals surface area contributed by atoms with Crippen LogP contribution in [0.4, 0.5) is 14.5 Å². The molecular formula is C19H15F2N3O5. The molecule has 150 valence electrons. The molecule has 1 aliphatic carbocycles. The van der Waals surface area contributed by atoms with Gasteiger partial charge >= 0.3 is 0 Å². The number of anilines is 1. The Morgan fingerprint density at radius 1 is 1.28 bits per heavy atom. The number of fused-ring (bicyclic) bond motifs is 3. The van der Waals surface area contributed by atoms with Gasteiger partial charge < -0.3 is 24.6 Å². The Balaban J connectivity index is 1.52. The Kier molecular flexibility index (Phi) is 3.60. The van der Waals surface area contributed by atoms with Gasteiger partial charge in [-0.2, -0.15) is 0 Å². The van der Waals surface area contributed by atoms with Gasteiger partial charge in [-0.25, -0.2) is 8.78 Å². The van der Waals surface area contributed by atoms with Crippen LogP contribution in [-0.4, -0.2) is 44.8 Å². The smallest absolute Gasteiger partial charge is 0.277 e. The summed E-state index contributed by atoms with van der Waals surface area (Å²) in [7, 11) is 0. The number of aromatic hydroxyl groups is 1. The van der Waals surface area contributed by atoms with Crippen molar-refractivity contribution in [2.24, 2.45) is 0 Å². The third-order valence-corrected chi connectivity index (χ3v) is 5.62. The molecule has 1 spiro atoms. The van der Waals surface area contributed by atoms with Crippen molar-refractivity contribution in [3.8, 4) is 5.75 Å². The molecule has 2 fully saturated rings. The van der Waals surface area contributed by atoms with Crippen LogP contribution < -0.4 is 10.7 Å². The van der Waals surface area contributed by atoms with E-state index in [2.05, 4.69) is 5.32 Å². The van der Waals surface area contributed by atoms with Gasteiger partial charge in [-0.1, -0.05) is 0 Å². The highest BCUT2D eigenvalue weighted by Gasteiger charge is 2.60. The number of ether oxygens (including phenoxy) is 1. The number of nitrogens with zero attached hydrogens (tertiary/aromatic N) is 2. The number of hydrogen-bond donors (Lipinski definition) is 2. The quantitative estimate of drug-likeness (QED) is 0.790. The van der Waals surface area contributed by atoms with Crippen LogP contribution in [0.5, 0.6) is 5.75 Å². The molecule has 1 atom stereocenters. The van der Waals surface area contributed by atoms with Crippen LogP contribution in [0, 0.1) is 11.6 Å². The molecule has 2 aromatic rings. The Morgan fingerprint density at radius 2 is 2.03 bits per heavy atom. The van der Waals surface area contributed by atoms with Crippen molar-refractivity contribution in [3.05, 3.63) is 57.5 Å². The molecule has 3 heterocycles. The fraction of sp³-hybridized carbons (Fsp3) is 0.316. The number of aromatic nitrogens is 1. The van der Waals surface area contributed by atoms with Crippen LogP contribution in [0.1, 0.15) is 33.7 Å². The van der Waals surface area contributed by atoms with E-state index in [0.29, 0.717) is 12.7 Å². The van der Waals surface area contributed by atoms with Crippen molar-refractivity contribution >= 4 is 17.5 Å². The van der Waals surface area contributed by atoms with Crippen LogP contribution >= 0.6 is 0 Å². The predicted molar refractivity (Wildman–Crippen MR) is 94.6 cm³/mol. The highest BCUT2D eigenvalue weighted by Crippen LogP contribution is 2.49. The molecule has 0 unspecified atom stereocenters. The third kappa shape index (κ3) is 2.55. The van der Waals surface area contributed by atoms with Crippen molar-refractivity contribution in [1.29, 1.82) is 0 Å². The lowest BCUT2D eigenvalue weighted by Crippen LogP contribution is -2.50. The minimum absolute atomic E-state index is 0.141. The number of amides is 2. The molecule has 2 amide bonds. The molecule has 8 nitrogen and oxygen atoms in total. The summed E-state index contributed by atoms with van der Waals surface area (Å²) in [5, 5.41) is 12.6. The minimum atomic E-state index is -1.05. The van der Waals surface area contributed by atoms with Crippen LogP contribution in [0.25, 0.3) is 0 Å². The number of hydrogen-bond acceptors (Lipinski definition) is 5. The zero-order valence-electron chi connectivity index (χ0n) is 14.9. The zero-order chi connectivity index (χ0) is 20.5. The molecule has 0 bridgehead atoms. The molecular weight excluding hydrogens is 388 g/mol. The van der Waals surface area contributed by atoms with E-state index in [4.69, 9.17) is 4.74 Å². The van der Waals surface area contributed by atoms with E-state index in [9.17, 15) is 28.3 Å². The molecule has 29 heavy (non-hydrogen) atoms. The van der Waals surface area contributed by atoms with Gasteiger partial charge in [-0.05, 0) is 25.0 Å². The average molecular weight is 403 g/mol. The van der Waals surface area contributed by atoms with Crippen LogP contribution in [0.2, 0.25) is 0 Å². The molecule has 1 aromatic carbocycles. The maximum atomic E-state index is 13.8. The molecule has 10 heteroatoms. The number of pyridine rings is 1. The Bertz CT molecular complexity index is 1140. The van der Waals surface area contributed by atoms with Gasteiger partial charge in [-0.15, -0.1) is 0 Å². The van der Waals surface area contributed by atoms with E-state index < -0.39 is 46.4 Å². The minimum Gasteiger partial charge on any atom is -0.503 e. The molecule has 1 saturated carbocycles. The van der Waals surface area contributed by atoms with E-state index in [0.717, 1.165) is 31.2 Å². The SMILES string of the molecule is O=C(Nc1ccc(F)cc1F)c1cn2c(c(O)c1=O)C(=O)N1[C@@H](C2)OCC12CC2. The molecule has 1 saturated heterocycles. The molecule has 2 aliphatic heterocycles. The lowest BCUT2D eigenvalue weighted by Gasteiger charge is -2.34. The van der Waals surface area contributed by atoms with E-state index in [1.165, 1.54) is 4.57 Å². The largest absolute Gasteiger partial charge is 0.503 e. The predicted octanol–water partition coefficient (Wildman–Crippen LogP) is 1.43. The first-order chi connectivity index (χ1) is 13.8. The van der Waals surface area contributed by atoms with Crippen LogP contribution in [-0.2, 0) is 11.3 Å². The maximum Gasteiger partial charge on any atom is 0.277 e. The Hall–Kier alpha value is -3.27. The zero-order valence-corrected chi connectivity index (χ0v) is 14.9. The number of rotatable bonds is 2. The number of benzene rings is 1. The monoisotopic (exact) mass is 403 g/mol. The van der Waals surface area contributed by atoms with Gasteiger partial charge in [0.1, 0.15) is 17.2 Å².